The van der Waals surface area contributed by atoms with E-state index in [9.17, 15) is 0 Å². The van der Waals surface area contributed by atoms with Crippen molar-refractivity contribution in [2.45, 2.75) is 46.2 Å². The molecule has 0 aromatic heterocycles. The van der Waals surface area contributed by atoms with Gasteiger partial charge in [-0.15, -0.1) is 23.5 Å². The van der Waals surface area contributed by atoms with Crippen LogP contribution in [0.2, 0.25) is 0 Å². The molecule has 2 rings (SSSR count). The minimum absolute atomic E-state index is 0.143. The fraction of sp³-hybridized carbons (Fsp3) is 0.600. The number of nitrogens with zero attached hydrogens (tertiary/aromatic N) is 2. The number of nitrogens with one attached hydrogen (secondary N) is 1. The first-order chi connectivity index (χ1) is 13.1. The van der Waals surface area contributed by atoms with Crippen LogP contribution >= 0.6 is 23.5 Å². The Labute approximate surface area is 173 Å². The van der Waals surface area contributed by atoms with Crippen molar-refractivity contribution in [1.82, 2.24) is 5.32 Å². The monoisotopic (exact) mass is 410 g/mol. The molecular formula is C20H34N4OS2. The largest absolute Gasteiger partial charge is 0.381 e. The predicted octanol–water partition coefficient (Wildman–Crippen LogP) is 4.19. The third kappa shape index (κ3) is 9.25. The third-order valence-corrected chi connectivity index (χ3v) is 6.31. The van der Waals surface area contributed by atoms with Crippen LogP contribution in [0.15, 0.2) is 43.6 Å². The molecule has 2 aliphatic heterocycles. The van der Waals surface area contributed by atoms with E-state index < -0.39 is 0 Å². The fourth-order valence-corrected chi connectivity index (χ4v) is 3.99. The van der Waals surface area contributed by atoms with Crippen molar-refractivity contribution < 1.29 is 4.74 Å². The van der Waals surface area contributed by atoms with Crippen molar-refractivity contribution in [3.8, 4) is 0 Å². The highest BCUT2D eigenvalue weighted by molar-refractivity contribution is 8.05. The number of ether oxygens (including phenoxy) is 1. The van der Waals surface area contributed by atoms with Crippen LogP contribution < -0.4 is 11.1 Å². The highest BCUT2D eigenvalue weighted by Crippen LogP contribution is 2.28. The molecule has 0 bridgehead atoms. The van der Waals surface area contributed by atoms with E-state index in [4.69, 9.17) is 10.5 Å². The molecular weight excluding hydrogens is 376 g/mol. The number of hydrogen-bond donors (Lipinski definition) is 2. The second kappa shape index (κ2) is 14.2. The van der Waals surface area contributed by atoms with Crippen LogP contribution in [0.3, 0.4) is 0 Å². The molecule has 0 aromatic carbocycles. The van der Waals surface area contributed by atoms with E-state index in [0.29, 0.717) is 5.92 Å². The van der Waals surface area contributed by atoms with Crippen LogP contribution in [0.5, 0.6) is 0 Å². The van der Waals surface area contributed by atoms with E-state index >= 15 is 0 Å². The van der Waals surface area contributed by atoms with E-state index in [1.54, 1.807) is 11.8 Å². The molecule has 0 spiro atoms. The smallest absolute Gasteiger partial charge is 0.0541 e. The number of hydrogen-bond acceptors (Lipinski definition) is 7. The Morgan fingerprint density at radius 1 is 1.48 bits per heavy atom. The molecule has 0 radical (unpaired) electrons. The van der Waals surface area contributed by atoms with E-state index in [1.807, 2.05) is 56.4 Å². The lowest BCUT2D eigenvalue weighted by atomic mass is 9.95. The van der Waals surface area contributed by atoms with Gasteiger partial charge in [0.05, 0.1) is 25.5 Å². The minimum Gasteiger partial charge on any atom is -0.381 e. The number of thioether (sulfide) groups is 2. The number of rotatable bonds is 8. The van der Waals surface area contributed by atoms with E-state index in [2.05, 4.69) is 29.0 Å². The molecule has 0 amide bonds. The maximum atomic E-state index is 6.34. The van der Waals surface area contributed by atoms with Crippen LogP contribution in [0.25, 0.3) is 0 Å². The topological polar surface area (TPSA) is 72.0 Å². The van der Waals surface area contributed by atoms with Gasteiger partial charge in [0.1, 0.15) is 0 Å². The van der Waals surface area contributed by atoms with E-state index in [-0.39, 0.29) is 12.1 Å². The first-order valence-electron chi connectivity index (χ1n) is 9.51. The lowest BCUT2D eigenvalue weighted by molar-refractivity contribution is -0.0431. The molecule has 152 valence electrons. The summed E-state index contributed by atoms with van der Waals surface area (Å²) >= 11 is 3.48. The van der Waals surface area contributed by atoms with Gasteiger partial charge >= 0.3 is 0 Å². The summed E-state index contributed by atoms with van der Waals surface area (Å²) in [5, 5.41) is 13.9. The fourth-order valence-electron chi connectivity index (χ4n) is 2.32. The number of allylic oxidation sites excluding steroid dienone is 2. The molecule has 1 fully saturated rings. The molecule has 2 heterocycles. The first kappa shape index (κ1) is 24.2. The second-order valence-electron chi connectivity index (χ2n) is 6.21. The molecule has 5 nitrogen and oxygen atoms in total. The van der Waals surface area contributed by atoms with Gasteiger partial charge in [-0.1, -0.05) is 26.5 Å². The van der Waals surface area contributed by atoms with Crippen LogP contribution in [-0.2, 0) is 4.74 Å². The molecule has 2 atom stereocenters. The van der Waals surface area contributed by atoms with Gasteiger partial charge in [-0.3, -0.25) is 0 Å². The molecule has 1 saturated heterocycles. The van der Waals surface area contributed by atoms with Crippen molar-refractivity contribution in [1.29, 1.82) is 0 Å². The summed E-state index contributed by atoms with van der Waals surface area (Å²) in [5.41, 5.74) is 7.49. The Bertz CT molecular complexity index is 568. The Kier molecular flexibility index (Phi) is 12.7. The standard InChI is InChI=1S/C18H28N4OS2.C2H6/c1-4-5-24-14(3)8-20-16-9-22-21-7-13(2)18(25-12-16)6-17(19)15-10-23-11-15;1-2/h4-5,7,9,15-17,20H,3,6,8,10-12,19H2,1-2H3;1-2H3/b5-4-,18-13-,21-7+,22-9-;. The number of nitrogens with two attached hydrogens (primary N) is 1. The zero-order valence-corrected chi connectivity index (χ0v) is 18.6. The molecule has 2 unspecified atom stereocenters. The summed E-state index contributed by atoms with van der Waals surface area (Å²) in [6, 6.07) is 0.291. The van der Waals surface area contributed by atoms with Gasteiger partial charge in [0, 0.05) is 30.5 Å². The zero-order valence-electron chi connectivity index (χ0n) is 17.0. The van der Waals surface area contributed by atoms with Crippen molar-refractivity contribution in [2.24, 2.45) is 21.9 Å². The summed E-state index contributed by atoms with van der Waals surface area (Å²) < 4.78 is 5.26. The SMILES string of the molecule is C=C(CNC1\C=N/N=C/C(C)=C(/CC(N)C2COC2)SC1)S/C=C\C.CC. The van der Waals surface area contributed by atoms with Crippen molar-refractivity contribution in [2.75, 3.05) is 25.5 Å². The van der Waals surface area contributed by atoms with E-state index in [1.165, 1.54) is 4.91 Å². The Hall–Kier alpha value is -0.860. The lowest BCUT2D eigenvalue weighted by Gasteiger charge is -2.32. The molecule has 0 aromatic rings. The minimum atomic E-state index is 0.143. The van der Waals surface area contributed by atoms with Gasteiger partial charge in [0.15, 0.2) is 0 Å². The van der Waals surface area contributed by atoms with Gasteiger partial charge in [0.25, 0.3) is 0 Å². The summed E-state index contributed by atoms with van der Waals surface area (Å²) in [4.78, 5) is 2.38. The van der Waals surface area contributed by atoms with Gasteiger partial charge in [-0.2, -0.15) is 10.2 Å². The summed E-state index contributed by atoms with van der Waals surface area (Å²) in [5.74, 6) is 1.37. The quantitative estimate of drug-likeness (QED) is 0.628. The molecule has 3 N–H and O–H groups in total. The normalized spacial score (nSPS) is 26.8. The van der Waals surface area contributed by atoms with Gasteiger partial charge in [-0.05, 0) is 41.1 Å². The zero-order chi connectivity index (χ0) is 20.1. The van der Waals surface area contributed by atoms with Crippen LogP contribution in [-0.4, -0.2) is 50.0 Å². The third-order valence-electron chi connectivity index (χ3n) is 4.06. The summed E-state index contributed by atoms with van der Waals surface area (Å²) in [6.07, 6.45) is 6.57. The molecule has 0 aliphatic carbocycles. The van der Waals surface area contributed by atoms with Gasteiger partial charge < -0.3 is 15.8 Å². The molecule has 2 aliphatic rings. The predicted molar refractivity (Wildman–Crippen MR) is 124 cm³/mol. The lowest BCUT2D eigenvalue weighted by Crippen LogP contribution is -2.43. The van der Waals surface area contributed by atoms with Crippen molar-refractivity contribution >= 4 is 36.0 Å². The van der Waals surface area contributed by atoms with Crippen molar-refractivity contribution in [3.63, 3.8) is 0 Å². The second-order valence-corrected chi connectivity index (χ2v) is 8.41. The average Bonchev–Trinajstić information content (AvgIpc) is 2.70. The average molecular weight is 411 g/mol. The van der Waals surface area contributed by atoms with Crippen LogP contribution in [0.4, 0.5) is 0 Å². The Balaban J connectivity index is 0.00000176. The van der Waals surface area contributed by atoms with Gasteiger partial charge in [0.2, 0.25) is 0 Å². The Morgan fingerprint density at radius 2 is 2.22 bits per heavy atom. The van der Waals surface area contributed by atoms with Crippen molar-refractivity contribution in [3.05, 3.63) is 33.4 Å². The molecule has 27 heavy (non-hydrogen) atoms. The highest BCUT2D eigenvalue weighted by Gasteiger charge is 2.26. The Morgan fingerprint density at radius 3 is 2.85 bits per heavy atom. The maximum Gasteiger partial charge on any atom is 0.0541 e. The summed E-state index contributed by atoms with van der Waals surface area (Å²) in [7, 11) is 0. The van der Waals surface area contributed by atoms with Gasteiger partial charge in [-0.25, -0.2) is 0 Å². The van der Waals surface area contributed by atoms with Crippen LogP contribution in [0, 0.1) is 5.92 Å². The summed E-state index contributed by atoms with van der Waals surface area (Å²) in [6.45, 7) is 14.5. The highest BCUT2D eigenvalue weighted by atomic mass is 32.2. The molecule has 0 saturated carbocycles. The maximum absolute atomic E-state index is 6.34. The van der Waals surface area contributed by atoms with Crippen LogP contribution in [0.1, 0.15) is 34.1 Å². The van der Waals surface area contributed by atoms with E-state index in [0.717, 1.165) is 42.4 Å². The molecule has 7 heteroatoms. The first-order valence-corrected chi connectivity index (χ1v) is 11.4.